The van der Waals surface area contributed by atoms with Gasteiger partial charge in [-0.1, -0.05) is 28.0 Å². The van der Waals surface area contributed by atoms with Crippen molar-refractivity contribution in [2.45, 2.75) is 6.92 Å². The SMILES string of the molecule is CCOC(=O)c1nnsc1Nc1nc2ccccc2s1. The number of nitrogens with zero attached hydrogens (tertiary/aromatic N) is 3. The van der Waals surface area contributed by atoms with Crippen molar-refractivity contribution in [2.24, 2.45) is 0 Å². The number of aromatic nitrogens is 3. The van der Waals surface area contributed by atoms with Gasteiger partial charge in [-0.3, -0.25) is 0 Å². The minimum Gasteiger partial charge on any atom is -0.461 e. The monoisotopic (exact) mass is 306 g/mol. The maximum Gasteiger partial charge on any atom is 0.362 e. The lowest BCUT2D eigenvalue weighted by Gasteiger charge is -2.01. The number of esters is 1. The summed E-state index contributed by atoms with van der Waals surface area (Å²) in [6.45, 7) is 2.05. The molecule has 0 unspecified atom stereocenters. The van der Waals surface area contributed by atoms with Crippen LogP contribution in [0.15, 0.2) is 24.3 Å². The van der Waals surface area contributed by atoms with Crippen LogP contribution in [0.2, 0.25) is 0 Å². The van der Waals surface area contributed by atoms with Crippen LogP contribution >= 0.6 is 22.9 Å². The van der Waals surface area contributed by atoms with Gasteiger partial charge in [-0.15, -0.1) is 5.10 Å². The van der Waals surface area contributed by atoms with Crippen molar-refractivity contribution in [3.05, 3.63) is 30.0 Å². The molecule has 0 spiro atoms. The Kier molecular flexibility index (Phi) is 3.57. The fraction of sp³-hybridized carbons (Fsp3) is 0.167. The normalized spacial score (nSPS) is 10.7. The van der Waals surface area contributed by atoms with Gasteiger partial charge >= 0.3 is 5.97 Å². The summed E-state index contributed by atoms with van der Waals surface area (Å²) < 4.78 is 9.79. The summed E-state index contributed by atoms with van der Waals surface area (Å²) in [4.78, 5) is 16.2. The van der Waals surface area contributed by atoms with Crippen molar-refractivity contribution in [1.82, 2.24) is 14.6 Å². The highest BCUT2D eigenvalue weighted by atomic mass is 32.1. The molecule has 3 aromatic rings. The average molecular weight is 306 g/mol. The Bertz CT molecular complexity index is 720. The van der Waals surface area contributed by atoms with Gasteiger partial charge in [-0.2, -0.15) is 0 Å². The molecule has 0 aliphatic carbocycles. The molecule has 0 amide bonds. The largest absolute Gasteiger partial charge is 0.461 e. The van der Waals surface area contributed by atoms with E-state index in [0.717, 1.165) is 21.7 Å². The van der Waals surface area contributed by atoms with E-state index in [4.69, 9.17) is 4.74 Å². The second-order valence-corrected chi connectivity index (χ2v) is 5.57. The predicted molar refractivity (Wildman–Crippen MR) is 78.8 cm³/mol. The number of nitrogens with one attached hydrogen (secondary N) is 1. The lowest BCUT2D eigenvalue weighted by molar-refractivity contribution is 0.0520. The third-order valence-electron chi connectivity index (χ3n) is 2.47. The summed E-state index contributed by atoms with van der Waals surface area (Å²) in [6, 6.07) is 7.83. The number of hydrogen-bond donors (Lipinski definition) is 1. The summed E-state index contributed by atoms with van der Waals surface area (Å²) in [6.07, 6.45) is 0. The van der Waals surface area contributed by atoms with Crippen molar-refractivity contribution in [3.8, 4) is 0 Å². The number of carbonyl (C=O) groups excluding carboxylic acids is 1. The number of anilines is 2. The number of hydrogen-bond acceptors (Lipinski definition) is 8. The molecule has 2 aromatic heterocycles. The van der Waals surface area contributed by atoms with E-state index in [-0.39, 0.29) is 5.69 Å². The zero-order valence-corrected chi connectivity index (χ0v) is 12.1. The van der Waals surface area contributed by atoms with Crippen LogP contribution in [0.4, 0.5) is 10.1 Å². The van der Waals surface area contributed by atoms with Crippen LogP contribution in [0.3, 0.4) is 0 Å². The highest BCUT2D eigenvalue weighted by Gasteiger charge is 2.18. The second-order valence-electron chi connectivity index (χ2n) is 3.78. The zero-order valence-electron chi connectivity index (χ0n) is 10.5. The van der Waals surface area contributed by atoms with Gasteiger partial charge in [-0.25, -0.2) is 9.78 Å². The topological polar surface area (TPSA) is 77.0 Å². The highest BCUT2D eigenvalue weighted by molar-refractivity contribution is 7.22. The van der Waals surface area contributed by atoms with Crippen LogP contribution < -0.4 is 5.32 Å². The lowest BCUT2D eigenvalue weighted by atomic mass is 10.3. The van der Waals surface area contributed by atoms with Crippen LogP contribution in [0.25, 0.3) is 10.2 Å². The van der Waals surface area contributed by atoms with Gasteiger partial charge < -0.3 is 10.1 Å². The molecule has 1 N–H and O–H groups in total. The van der Waals surface area contributed by atoms with Crippen LogP contribution in [0.1, 0.15) is 17.4 Å². The third kappa shape index (κ3) is 2.47. The van der Waals surface area contributed by atoms with E-state index in [1.807, 2.05) is 24.3 Å². The Morgan fingerprint density at radius 1 is 1.40 bits per heavy atom. The predicted octanol–water partition coefficient (Wildman–Crippen LogP) is 3.07. The molecule has 0 radical (unpaired) electrons. The Balaban J connectivity index is 1.87. The van der Waals surface area contributed by atoms with Crippen molar-refractivity contribution < 1.29 is 9.53 Å². The van der Waals surface area contributed by atoms with Gasteiger partial charge in [0.15, 0.2) is 10.1 Å². The summed E-state index contributed by atoms with van der Waals surface area (Å²) >= 11 is 2.61. The number of benzene rings is 1. The maximum absolute atomic E-state index is 11.7. The quantitative estimate of drug-likeness (QED) is 0.746. The van der Waals surface area contributed by atoms with Gasteiger partial charge in [0, 0.05) is 11.5 Å². The summed E-state index contributed by atoms with van der Waals surface area (Å²) in [7, 11) is 0. The Labute approximate surface area is 122 Å². The molecule has 2 heterocycles. The van der Waals surface area contributed by atoms with Crippen molar-refractivity contribution in [3.63, 3.8) is 0 Å². The van der Waals surface area contributed by atoms with E-state index in [9.17, 15) is 4.79 Å². The molecule has 0 saturated heterocycles. The first-order valence-electron chi connectivity index (χ1n) is 5.90. The number of thiazole rings is 1. The average Bonchev–Trinajstić information content (AvgIpc) is 3.05. The van der Waals surface area contributed by atoms with E-state index < -0.39 is 5.97 Å². The molecule has 0 fully saturated rings. The molecule has 1 aromatic carbocycles. The molecule has 102 valence electrons. The zero-order chi connectivity index (χ0) is 13.9. The fourth-order valence-corrected chi connectivity index (χ4v) is 3.12. The first-order chi connectivity index (χ1) is 9.78. The van der Waals surface area contributed by atoms with Crippen molar-refractivity contribution >= 4 is 49.2 Å². The van der Waals surface area contributed by atoms with Crippen LogP contribution in [0, 0.1) is 0 Å². The maximum atomic E-state index is 11.7. The number of fused-ring (bicyclic) bond motifs is 1. The van der Waals surface area contributed by atoms with Gasteiger partial charge in [0.1, 0.15) is 0 Å². The molecule has 0 aliphatic rings. The lowest BCUT2D eigenvalue weighted by Crippen LogP contribution is -2.07. The molecule has 0 aliphatic heterocycles. The Morgan fingerprint density at radius 3 is 3.05 bits per heavy atom. The molecule has 0 bridgehead atoms. The number of para-hydroxylation sites is 1. The van der Waals surface area contributed by atoms with E-state index in [1.54, 1.807) is 6.92 Å². The Hall–Kier alpha value is -2.06. The molecule has 6 nitrogen and oxygen atoms in total. The van der Waals surface area contributed by atoms with Gasteiger partial charge in [-0.05, 0) is 19.1 Å². The summed E-state index contributed by atoms with van der Waals surface area (Å²) in [5.41, 5.74) is 1.10. The highest BCUT2D eigenvalue weighted by Crippen LogP contribution is 2.30. The summed E-state index contributed by atoms with van der Waals surface area (Å²) in [5.74, 6) is -0.482. The fourth-order valence-electron chi connectivity index (χ4n) is 1.63. The van der Waals surface area contributed by atoms with E-state index in [2.05, 4.69) is 19.9 Å². The van der Waals surface area contributed by atoms with Crippen molar-refractivity contribution in [1.29, 1.82) is 0 Å². The number of ether oxygens (including phenoxy) is 1. The van der Waals surface area contributed by atoms with E-state index in [1.165, 1.54) is 11.3 Å². The van der Waals surface area contributed by atoms with Crippen LogP contribution in [-0.2, 0) is 4.74 Å². The first-order valence-corrected chi connectivity index (χ1v) is 7.49. The second kappa shape index (κ2) is 5.51. The minimum absolute atomic E-state index is 0.191. The van der Waals surface area contributed by atoms with E-state index >= 15 is 0 Å². The third-order valence-corrected chi connectivity index (χ3v) is 4.06. The molecular weight excluding hydrogens is 296 g/mol. The first kappa shape index (κ1) is 12.9. The number of rotatable bonds is 4. The van der Waals surface area contributed by atoms with Gasteiger partial charge in [0.2, 0.25) is 5.69 Å². The van der Waals surface area contributed by atoms with Crippen LogP contribution in [-0.4, -0.2) is 27.1 Å². The molecular formula is C12H10N4O2S2. The molecule has 8 heteroatoms. The number of carbonyl (C=O) groups is 1. The summed E-state index contributed by atoms with van der Waals surface area (Å²) in [5, 5.41) is 8.12. The Morgan fingerprint density at radius 2 is 2.25 bits per heavy atom. The minimum atomic E-state index is -0.482. The molecule has 0 saturated carbocycles. The molecule has 3 rings (SSSR count). The van der Waals surface area contributed by atoms with E-state index in [0.29, 0.717) is 16.7 Å². The van der Waals surface area contributed by atoms with Gasteiger partial charge in [0.05, 0.1) is 16.8 Å². The van der Waals surface area contributed by atoms with Gasteiger partial charge in [0.25, 0.3) is 0 Å². The van der Waals surface area contributed by atoms with Crippen molar-refractivity contribution in [2.75, 3.05) is 11.9 Å². The molecule has 0 atom stereocenters. The molecule has 20 heavy (non-hydrogen) atoms. The standard InChI is InChI=1S/C12H10N4O2S2/c1-2-18-11(17)9-10(20-16-15-9)14-12-13-7-5-3-4-6-8(7)19-12/h3-6H,2H2,1H3,(H,13,14). The van der Waals surface area contributed by atoms with Crippen LogP contribution in [0.5, 0.6) is 0 Å². The smallest absolute Gasteiger partial charge is 0.362 e.